The minimum Gasteiger partial charge on any atom is -0.493 e. The van der Waals surface area contributed by atoms with Crippen molar-refractivity contribution in [2.75, 3.05) is 7.11 Å². The smallest absolute Gasteiger partial charge is 0.315 e. The van der Waals surface area contributed by atoms with Crippen LogP contribution in [0.5, 0.6) is 11.5 Å². The molecule has 0 bridgehead atoms. The molecule has 9 nitrogen and oxygen atoms in total. The molecule has 0 aliphatic carbocycles. The van der Waals surface area contributed by atoms with Crippen LogP contribution in [0.3, 0.4) is 0 Å². The Morgan fingerprint density at radius 2 is 1.86 bits per heavy atom. The van der Waals surface area contributed by atoms with Crippen molar-refractivity contribution in [3.8, 4) is 22.9 Å². The number of methoxy groups -OCH3 is 1. The monoisotopic (exact) mass is 472 g/mol. The van der Waals surface area contributed by atoms with Crippen LogP contribution in [0.25, 0.3) is 22.3 Å². The van der Waals surface area contributed by atoms with Gasteiger partial charge in [-0.25, -0.2) is 4.98 Å². The lowest BCUT2D eigenvalue weighted by Gasteiger charge is -2.16. The fraction of sp³-hybridized carbons (Fsp3) is 0.192. The van der Waals surface area contributed by atoms with Crippen LogP contribution in [-0.4, -0.2) is 34.0 Å². The molecular formula is C26H24N4O5. The van der Waals surface area contributed by atoms with Crippen molar-refractivity contribution >= 4 is 22.8 Å². The number of nitro groups is 1. The van der Waals surface area contributed by atoms with Crippen LogP contribution in [0.2, 0.25) is 0 Å². The average Bonchev–Trinajstić information content (AvgIpc) is 2.88. The first-order valence-electron chi connectivity index (χ1n) is 11.1. The zero-order chi connectivity index (χ0) is 24.9. The van der Waals surface area contributed by atoms with E-state index in [0.717, 1.165) is 0 Å². The molecule has 0 saturated carbocycles. The molecule has 178 valence electrons. The number of benzene rings is 3. The Kier molecular flexibility index (Phi) is 6.86. The number of nitro benzene ring substituents is 1. The van der Waals surface area contributed by atoms with E-state index in [1.54, 1.807) is 24.3 Å². The van der Waals surface area contributed by atoms with Crippen LogP contribution in [0.1, 0.15) is 25.8 Å². The third kappa shape index (κ3) is 4.89. The Hall–Kier alpha value is -4.53. The van der Waals surface area contributed by atoms with Crippen molar-refractivity contribution in [2.24, 2.45) is 5.10 Å². The molecule has 0 amide bonds. The summed E-state index contributed by atoms with van der Waals surface area (Å²) in [4.78, 5) is 29.2. The lowest BCUT2D eigenvalue weighted by atomic mass is 10.1. The highest BCUT2D eigenvalue weighted by molar-refractivity contribution is 5.84. The lowest BCUT2D eigenvalue weighted by Crippen LogP contribution is -2.20. The normalized spacial score (nSPS) is 12.1. The van der Waals surface area contributed by atoms with E-state index in [-0.39, 0.29) is 28.8 Å². The van der Waals surface area contributed by atoms with Gasteiger partial charge in [-0.3, -0.25) is 14.9 Å². The van der Waals surface area contributed by atoms with Gasteiger partial charge in [0.2, 0.25) is 5.75 Å². The maximum Gasteiger partial charge on any atom is 0.315 e. The quantitative estimate of drug-likeness (QED) is 0.202. The standard InChI is InChI=1S/C26H24N4O5/c1-4-17(2)35-24-22(30(32)33)14-18(15-23(24)34-3)16-27-29-25(19-10-6-5-7-11-19)28-21-13-9-8-12-20(21)26(29)31/h5-17H,4H2,1-3H3/t17-/m1/s1. The van der Waals surface area contributed by atoms with Gasteiger partial charge >= 0.3 is 5.69 Å². The molecule has 4 rings (SSSR count). The predicted molar refractivity (Wildman–Crippen MR) is 134 cm³/mol. The van der Waals surface area contributed by atoms with Crippen LogP contribution in [-0.2, 0) is 0 Å². The molecule has 9 heteroatoms. The van der Waals surface area contributed by atoms with Gasteiger partial charge in [-0.05, 0) is 31.5 Å². The number of rotatable bonds is 8. The number of hydrogen-bond acceptors (Lipinski definition) is 7. The van der Waals surface area contributed by atoms with E-state index in [2.05, 4.69) is 10.1 Å². The summed E-state index contributed by atoms with van der Waals surface area (Å²) in [6.07, 6.45) is 1.80. The molecular weight excluding hydrogens is 448 g/mol. The highest BCUT2D eigenvalue weighted by atomic mass is 16.6. The summed E-state index contributed by atoms with van der Waals surface area (Å²) in [7, 11) is 1.41. The first kappa shape index (κ1) is 23.6. The van der Waals surface area contributed by atoms with Gasteiger partial charge in [0.15, 0.2) is 11.6 Å². The molecule has 0 radical (unpaired) electrons. The van der Waals surface area contributed by atoms with Gasteiger partial charge in [0.25, 0.3) is 5.56 Å². The molecule has 3 aromatic carbocycles. The Bertz CT molecular complexity index is 1460. The zero-order valence-electron chi connectivity index (χ0n) is 19.5. The highest BCUT2D eigenvalue weighted by Crippen LogP contribution is 2.39. The summed E-state index contributed by atoms with van der Waals surface area (Å²) in [5, 5.41) is 16.6. The predicted octanol–water partition coefficient (Wildman–Crippen LogP) is 5.04. The maximum absolute atomic E-state index is 13.3. The second-order valence-electron chi connectivity index (χ2n) is 7.85. The van der Waals surface area contributed by atoms with Gasteiger partial charge in [-0.15, -0.1) is 0 Å². The van der Waals surface area contributed by atoms with E-state index in [9.17, 15) is 14.9 Å². The van der Waals surface area contributed by atoms with Crippen molar-refractivity contribution in [2.45, 2.75) is 26.4 Å². The molecule has 0 N–H and O–H groups in total. The van der Waals surface area contributed by atoms with Crippen molar-refractivity contribution in [1.29, 1.82) is 0 Å². The molecule has 1 heterocycles. The Morgan fingerprint density at radius 1 is 1.14 bits per heavy atom. The van der Waals surface area contributed by atoms with Gasteiger partial charge in [0.1, 0.15) is 0 Å². The van der Waals surface area contributed by atoms with Crippen LogP contribution < -0.4 is 15.0 Å². The van der Waals surface area contributed by atoms with Gasteiger partial charge in [-0.1, -0.05) is 49.4 Å². The van der Waals surface area contributed by atoms with Crippen LogP contribution in [0.15, 0.2) is 76.6 Å². The summed E-state index contributed by atoms with van der Waals surface area (Å²) < 4.78 is 12.3. The molecule has 0 fully saturated rings. The summed E-state index contributed by atoms with van der Waals surface area (Å²) in [6.45, 7) is 3.74. The molecule has 0 spiro atoms. The van der Waals surface area contributed by atoms with E-state index in [1.165, 1.54) is 24.1 Å². The summed E-state index contributed by atoms with van der Waals surface area (Å²) in [6, 6.07) is 19.1. The first-order chi connectivity index (χ1) is 16.9. The maximum atomic E-state index is 13.3. The Labute approximate surface area is 201 Å². The number of fused-ring (bicyclic) bond motifs is 1. The SMILES string of the molecule is CC[C@@H](C)Oc1c(OC)cc(C=Nn2c(-c3ccccc3)nc3ccccc3c2=O)cc1[N+](=O)[O-]. The molecule has 0 aliphatic rings. The molecule has 0 saturated heterocycles. The van der Waals surface area contributed by atoms with Crippen molar-refractivity contribution in [3.63, 3.8) is 0 Å². The third-order valence-corrected chi connectivity index (χ3v) is 5.48. The summed E-state index contributed by atoms with van der Waals surface area (Å²) in [5.41, 5.74) is 1.01. The molecule has 0 unspecified atom stereocenters. The van der Waals surface area contributed by atoms with E-state index < -0.39 is 4.92 Å². The average molecular weight is 473 g/mol. The fourth-order valence-electron chi connectivity index (χ4n) is 3.50. The first-order valence-corrected chi connectivity index (χ1v) is 11.1. The van der Waals surface area contributed by atoms with Gasteiger partial charge in [-0.2, -0.15) is 9.78 Å². The molecule has 1 atom stereocenters. The third-order valence-electron chi connectivity index (χ3n) is 5.48. The van der Waals surface area contributed by atoms with Gasteiger partial charge in [0, 0.05) is 17.2 Å². The summed E-state index contributed by atoms with van der Waals surface area (Å²) in [5.74, 6) is 0.607. The number of nitrogens with zero attached hydrogens (tertiary/aromatic N) is 4. The zero-order valence-corrected chi connectivity index (χ0v) is 19.5. The molecule has 0 aliphatic heterocycles. The lowest BCUT2D eigenvalue weighted by molar-refractivity contribution is -0.386. The second kappa shape index (κ2) is 10.2. The topological polar surface area (TPSA) is 109 Å². The number of ether oxygens (including phenoxy) is 2. The van der Waals surface area contributed by atoms with Gasteiger partial charge < -0.3 is 9.47 Å². The number of aromatic nitrogens is 2. The van der Waals surface area contributed by atoms with Crippen molar-refractivity contribution in [3.05, 3.63) is 92.8 Å². The largest absolute Gasteiger partial charge is 0.493 e. The molecule has 35 heavy (non-hydrogen) atoms. The minimum absolute atomic E-state index is 0.0542. The van der Waals surface area contributed by atoms with E-state index in [0.29, 0.717) is 34.3 Å². The van der Waals surface area contributed by atoms with Crippen LogP contribution in [0.4, 0.5) is 5.69 Å². The number of para-hydroxylation sites is 1. The second-order valence-corrected chi connectivity index (χ2v) is 7.85. The summed E-state index contributed by atoms with van der Waals surface area (Å²) >= 11 is 0. The van der Waals surface area contributed by atoms with Crippen molar-refractivity contribution in [1.82, 2.24) is 9.66 Å². The molecule has 1 aromatic heterocycles. The Morgan fingerprint density at radius 3 is 2.54 bits per heavy atom. The van der Waals surface area contributed by atoms with E-state index in [1.807, 2.05) is 50.2 Å². The van der Waals surface area contributed by atoms with Crippen LogP contribution >= 0.6 is 0 Å². The van der Waals surface area contributed by atoms with Crippen molar-refractivity contribution < 1.29 is 14.4 Å². The van der Waals surface area contributed by atoms with Gasteiger partial charge in [0.05, 0.1) is 35.3 Å². The van der Waals surface area contributed by atoms with E-state index >= 15 is 0 Å². The minimum atomic E-state index is -0.531. The van der Waals surface area contributed by atoms with E-state index in [4.69, 9.17) is 9.47 Å². The van der Waals surface area contributed by atoms with Crippen LogP contribution in [0, 0.1) is 10.1 Å². The number of hydrogen-bond donors (Lipinski definition) is 0. The highest BCUT2D eigenvalue weighted by Gasteiger charge is 2.23. The molecule has 4 aromatic rings. The Balaban J connectivity index is 1.87. The fourth-order valence-corrected chi connectivity index (χ4v) is 3.50.